The van der Waals surface area contributed by atoms with Gasteiger partial charge in [-0.2, -0.15) is 0 Å². The highest BCUT2D eigenvalue weighted by Gasteiger charge is 2.36. The Morgan fingerprint density at radius 2 is 1.90 bits per heavy atom. The molecule has 0 spiro atoms. The number of benzene rings is 2. The molecular formula is C26H30N3O. The van der Waals surface area contributed by atoms with Crippen molar-refractivity contribution >= 4 is 5.78 Å². The summed E-state index contributed by atoms with van der Waals surface area (Å²) in [6.07, 6.45) is 9.08. The van der Waals surface area contributed by atoms with Crippen molar-refractivity contribution in [1.82, 2.24) is 14.5 Å². The van der Waals surface area contributed by atoms with Gasteiger partial charge in [0.05, 0.1) is 6.33 Å². The van der Waals surface area contributed by atoms with Crippen LogP contribution in [0.2, 0.25) is 0 Å². The lowest BCUT2D eigenvalue weighted by molar-refractivity contribution is 0.0826. The molecule has 1 radical (unpaired) electrons. The van der Waals surface area contributed by atoms with Crippen LogP contribution in [-0.2, 0) is 6.54 Å². The van der Waals surface area contributed by atoms with E-state index < -0.39 is 0 Å². The monoisotopic (exact) mass is 400 g/mol. The van der Waals surface area contributed by atoms with Crippen molar-refractivity contribution in [2.45, 2.75) is 32.7 Å². The van der Waals surface area contributed by atoms with Gasteiger partial charge in [0.25, 0.3) is 0 Å². The van der Waals surface area contributed by atoms with Gasteiger partial charge in [0.2, 0.25) is 0 Å². The molecule has 0 amide bonds. The van der Waals surface area contributed by atoms with Crippen molar-refractivity contribution < 1.29 is 4.79 Å². The molecule has 0 aliphatic carbocycles. The molecular weight excluding hydrogens is 370 g/mol. The van der Waals surface area contributed by atoms with E-state index in [1.165, 1.54) is 16.7 Å². The van der Waals surface area contributed by atoms with E-state index >= 15 is 0 Å². The molecule has 1 aliphatic heterocycles. The van der Waals surface area contributed by atoms with Crippen LogP contribution in [0.1, 0.15) is 39.4 Å². The molecule has 2 heterocycles. The normalized spacial score (nSPS) is 19.7. The fourth-order valence-electron chi connectivity index (χ4n) is 4.51. The molecule has 2 aromatic carbocycles. The lowest BCUT2D eigenvalue weighted by Gasteiger charge is -2.38. The Balaban J connectivity index is 1.53. The number of ketones is 1. The number of hydrogen-bond donors (Lipinski definition) is 0. The summed E-state index contributed by atoms with van der Waals surface area (Å²) in [7, 11) is 0. The SMILES string of the molecule is Cc1cccc([C@H]2[CH]CN(CCCn3ccnc3)C[C@H]2C(=O)c2ccccc2)c1C. The van der Waals surface area contributed by atoms with Crippen LogP contribution in [0.4, 0.5) is 0 Å². The lowest BCUT2D eigenvalue weighted by atomic mass is 9.75. The predicted octanol–water partition coefficient (Wildman–Crippen LogP) is 4.69. The Kier molecular flexibility index (Phi) is 6.44. The first-order chi connectivity index (χ1) is 14.6. The van der Waals surface area contributed by atoms with Gasteiger partial charge >= 0.3 is 0 Å². The number of aryl methyl sites for hydroxylation is 2. The predicted molar refractivity (Wildman–Crippen MR) is 121 cm³/mol. The van der Waals surface area contributed by atoms with Crippen molar-refractivity contribution in [1.29, 1.82) is 0 Å². The van der Waals surface area contributed by atoms with Crippen molar-refractivity contribution in [3.8, 4) is 0 Å². The number of hydrogen-bond acceptors (Lipinski definition) is 3. The Hall–Kier alpha value is -2.72. The van der Waals surface area contributed by atoms with E-state index in [-0.39, 0.29) is 17.6 Å². The van der Waals surface area contributed by atoms with E-state index in [2.05, 4.69) is 52.9 Å². The minimum Gasteiger partial charge on any atom is -0.337 e. The zero-order chi connectivity index (χ0) is 20.9. The second kappa shape index (κ2) is 9.40. The summed E-state index contributed by atoms with van der Waals surface area (Å²) in [5, 5.41) is 0. The quantitative estimate of drug-likeness (QED) is 0.540. The molecule has 1 fully saturated rings. The van der Waals surface area contributed by atoms with Crippen molar-refractivity contribution in [2.24, 2.45) is 5.92 Å². The number of rotatable bonds is 7. The summed E-state index contributed by atoms with van der Waals surface area (Å²) in [6.45, 7) is 7.98. The molecule has 30 heavy (non-hydrogen) atoms. The minimum atomic E-state index is -0.0603. The molecule has 4 nitrogen and oxygen atoms in total. The second-order valence-electron chi connectivity index (χ2n) is 8.30. The smallest absolute Gasteiger partial charge is 0.167 e. The van der Waals surface area contributed by atoms with Crippen LogP contribution in [0, 0.1) is 26.2 Å². The Bertz CT molecular complexity index is 965. The maximum absolute atomic E-state index is 13.5. The van der Waals surface area contributed by atoms with Gasteiger partial charge in [0.1, 0.15) is 0 Å². The van der Waals surface area contributed by atoms with E-state index in [0.717, 1.165) is 38.2 Å². The molecule has 4 rings (SSSR count). The van der Waals surface area contributed by atoms with Crippen LogP contribution >= 0.6 is 0 Å². The molecule has 0 bridgehead atoms. The Morgan fingerprint density at radius 1 is 1.07 bits per heavy atom. The largest absolute Gasteiger partial charge is 0.337 e. The van der Waals surface area contributed by atoms with Crippen LogP contribution < -0.4 is 0 Å². The molecule has 2 atom stereocenters. The molecule has 3 aromatic rings. The van der Waals surface area contributed by atoms with Gasteiger partial charge in [0, 0.05) is 43.5 Å². The average molecular weight is 401 g/mol. The minimum absolute atomic E-state index is 0.0603. The molecule has 0 unspecified atom stereocenters. The molecule has 0 saturated carbocycles. The average Bonchev–Trinajstić information content (AvgIpc) is 3.29. The number of imidazole rings is 1. The number of nitrogens with zero attached hydrogens (tertiary/aromatic N) is 3. The molecule has 155 valence electrons. The van der Waals surface area contributed by atoms with Gasteiger partial charge in [-0.25, -0.2) is 4.98 Å². The van der Waals surface area contributed by atoms with E-state index in [9.17, 15) is 4.79 Å². The van der Waals surface area contributed by atoms with E-state index in [1.807, 2.05) is 49.1 Å². The molecule has 0 N–H and O–H groups in total. The highest BCUT2D eigenvalue weighted by atomic mass is 16.1. The third-order valence-electron chi connectivity index (χ3n) is 6.36. The summed E-state index contributed by atoms with van der Waals surface area (Å²) in [4.78, 5) is 20.1. The zero-order valence-corrected chi connectivity index (χ0v) is 17.9. The number of likely N-dealkylation sites (tertiary alicyclic amines) is 1. The summed E-state index contributed by atoms with van der Waals surface area (Å²) in [5.41, 5.74) is 4.70. The van der Waals surface area contributed by atoms with Crippen molar-refractivity contribution in [3.05, 3.63) is 95.9 Å². The first kappa shape index (κ1) is 20.5. The molecule has 1 aliphatic rings. The van der Waals surface area contributed by atoms with E-state index in [4.69, 9.17) is 0 Å². The molecule has 1 saturated heterocycles. The zero-order valence-electron chi connectivity index (χ0n) is 17.9. The van der Waals surface area contributed by atoms with Crippen LogP contribution in [0.15, 0.2) is 67.3 Å². The van der Waals surface area contributed by atoms with Crippen molar-refractivity contribution in [2.75, 3.05) is 19.6 Å². The molecule has 1 aromatic heterocycles. The van der Waals surface area contributed by atoms with Crippen molar-refractivity contribution in [3.63, 3.8) is 0 Å². The highest BCUT2D eigenvalue weighted by Crippen LogP contribution is 2.37. The maximum atomic E-state index is 13.5. The van der Waals surface area contributed by atoms with Gasteiger partial charge < -0.3 is 9.47 Å². The van der Waals surface area contributed by atoms with E-state index in [1.54, 1.807) is 0 Å². The Morgan fingerprint density at radius 3 is 2.67 bits per heavy atom. The second-order valence-corrected chi connectivity index (χ2v) is 8.30. The number of aromatic nitrogens is 2. The van der Waals surface area contributed by atoms with Gasteiger partial charge in [0.15, 0.2) is 5.78 Å². The summed E-state index contributed by atoms with van der Waals surface area (Å²) >= 11 is 0. The van der Waals surface area contributed by atoms with E-state index in [0.29, 0.717) is 0 Å². The number of Topliss-reactive ketones (excluding diaryl/α,β-unsaturated/α-hetero) is 1. The van der Waals surface area contributed by atoms with Gasteiger partial charge in [-0.15, -0.1) is 0 Å². The van der Waals surface area contributed by atoms with Crippen LogP contribution in [0.5, 0.6) is 0 Å². The molecule has 4 heteroatoms. The first-order valence-corrected chi connectivity index (χ1v) is 10.8. The topological polar surface area (TPSA) is 38.1 Å². The Labute approximate surface area is 179 Å². The number of piperidine rings is 1. The fourth-order valence-corrected chi connectivity index (χ4v) is 4.51. The van der Waals surface area contributed by atoms with Gasteiger partial charge in [-0.3, -0.25) is 4.79 Å². The number of carbonyl (C=O) groups is 1. The third-order valence-corrected chi connectivity index (χ3v) is 6.36. The lowest BCUT2D eigenvalue weighted by Crippen LogP contribution is -2.44. The highest BCUT2D eigenvalue weighted by molar-refractivity contribution is 5.98. The standard InChI is InChI=1S/C26H30N3O/c1-20-8-6-11-23(21(20)2)24-12-16-28(14-7-15-29-17-13-27-19-29)18-25(24)26(30)22-9-4-3-5-10-22/h3-6,8-13,17,19,24-25H,7,14-16,18H2,1-2H3/t24-,25-/m1/s1. The van der Waals surface area contributed by atoms with Crippen LogP contribution in [-0.4, -0.2) is 39.9 Å². The maximum Gasteiger partial charge on any atom is 0.167 e. The summed E-state index contributed by atoms with van der Waals surface area (Å²) in [5.74, 6) is 0.342. The fraction of sp³-hybridized carbons (Fsp3) is 0.346. The summed E-state index contributed by atoms with van der Waals surface area (Å²) in [6, 6.07) is 16.2. The summed E-state index contributed by atoms with van der Waals surface area (Å²) < 4.78 is 2.11. The van der Waals surface area contributed by atoms with Gasteiger partial charge in [-0.05, 0) is 55.8 Å². The van der Waals surface area contributed by atoms with Gasteiger partial charge in [-0.1, -0.05) is 48.5 Å². The number of carbonyl (C=O) groups excluding carboxylic acids is 1. The first-order valence-electron chi connectivity index (χ1n) is 10.8. The third kappa shape index (κ3) is 4.54. The van der Waals surface area contributed by atoms with Crippen LogP contribution in [0.3, 0.4) is 0 Å². The van der Waals surface area contributed by atoms with Crippen LogP contribution in [0.25, 0.3) is 0 Å².